The second kappa shape index (κ2) is 14.3. The van der Waals surface area contributed by atoms with E-state index in [1.165, 1.54) is 18.2 Å². The Morgan fingerprint density at radius 2 is 1.72 bits per heavy atom. The molecular formula is C28H28Cl2F8N6O3. The number of nitrogens with zero attached hydrogens (tertiary/aromatic N) is 2. The van der Waals surface area contributed by atoms with E-state index in [0.717, 1.165) is 19.3 Å². The Labute approximate surface area is 271 Å². The van der Waals surface area contributed by atoms with Gasteiger partial charge in [-0.05, 0) is 43.4 Å². The molecule has 5 rings (SSSR count). The number of carbonyl (C=O) groups is 2. The molecule has 0 aliphatic heterocycles. The minimum absolute atomic E-state index is 0.00292. The number of H-pyrrole nitrogens is 1. The summed E-state index contributed by atoms with van der Waals surface area (Å²) in [6.07, 6.45) is -8.78. The highest BCUT2D eigenvalue weighted by atomic mass is 35.5. The molecule has 2 fully saturated rings. The second-order valence-electron chi connectivity index (χ2n) is 11.0. The molecule has 5 N–H and O–H groups in total. The smallest absolute Gasteiger partial charge is 0.403 e. The van der Waals surface area contributed by atoms with Gasteiger partial charge < -0.3 is 26.1 Å². The number of hydrogen-bond acceptors (Lipinski definition) is 6. The van der Waals surface area contributed by atoms with Gasteiger partial charge in [-0.15, -0.1) is 0 Å². The summed E-state index contributed by atoms with van der Waals surface area (Å²) in [5.74, 6) is -3.52. The van der Waals surface area contributed by atoms with Crippen LogP contribution in [0.2, 0.25) is 10.0 Å². The summed E-state index contributed by atoms with van der Waals surface area (Å²) in [6, 6.07) is 4.07. The van der Waals surface area contributed by atoms with Crippen molar-refractivity contribution in [2.45, 2.75) is 70.3 Å². The van der Waals surface area contributed by atoms with Crippen molar-refractivity contribution in [3.8, 4) is 5.88 Å². The summed E-state index contributed by atoms with van der Waals surface area (Å²) in [5.41, 5.74) is 3.19. The van der Waals surface area contributed by atoms with Crippen LogP contribution in [0.15, 0.2) is 18.2 Å². The van der Waals surface area contributed by atoms with Gasteiger partial charge in [0.1, 0.15) is 11.0 Å². The number of amides is 2. The van der Waals surface area contributed by atoms with Crippen LogP contribution in [0.25, 0.3) is 11.2 Å². The van der Waals surface area contributed by atoms with Crippen molar-refractivity contribution in [3.05, 3.63) is 39.4 Å². The highest BCUT2D eigenvalue weighted by Gasteiger charge is 2.68. The van der Waals surface area contributed by atoms with Crippen molar-refractivity contribution in [2.24, 2.45) is 17.1 Å². The van der Waals surface area contributed by atoms with E-state index in [0.29, 0.717) is 12.8 Å². The van der Waals surface area contributed by atoms with E-state index >= 15 is 0 Å². The summed E-state index contributed by atoms with van der Waals surface area (Å²) in [6.45, 7) is -1.32. The molecule has 0 spiro atoms. The van der Waals surface area contributed by atoms with Crippen molar-refractivity contribution < 1.29 is 49.4 Å². The molecule has 2 aromatic heterocycles. The third kappa shape index (κ3) is 8.66. The molecule has 2 saturated carbocycles. The number of nitrogens with one attached hydrogen (secondary N) is 3. The van der Waals surface area contributed by atoms with Crippen LogP contribution in [0.1, 0.15) is 60.9 Å². The number of benzene rings is 1. The number of fused-ring (bicyclic) bond motifs is 1. The Bertz CT molecular complexity index is 1610. The molecule has 47 heavy (non-hydrogen) atoms. The van der Waals surface area contributed by atoms with Crippen LogP contribution in [0.4, 0.5) is 46.8 Å². The first kappa shape index (κ1) is 36.2. The lowest BCUT2D eigenvalue weighted by Crippen LogP contribution is -2.40. The molecule has 258 valence electrons. The molecule has 0 atom stereocenters. The van der Waals surface area contributed by atoms with Gasteiger partial charge in [0.05, 0.1) is 27.2 Å². The molecule has 0 unspecified atom stereocenters. The predicted octanol–water partition coefficient (Wildman–Crippen LogP) is 7.84. The zero-order valence-electron chi connectivity index (χ0n) is 24.2. The number of hydrogen-bond donors (Lipinski definition) is 4. The van der Waals surface area contributed by atoms with Crippen LogP contribution >= 0.6 is 23.2 Å². The number of nitrogens with two attached hydrogens (primary N) is 1. The van der Waals surface area contributed by atoms with E-state index in [2.05, 4.69) is 25.6 Å². The van der Waals surface area contributed by atoms with E-state index in [4.69, 9.17) is 33.7 Å². The number of ether oxygens (including phenoxy) is 1. The van der Waals surface area contributed by atoms with E-state index < -0.39 is 54.4 Å². The Kier molecular flexibility index (Phi) is 11.0. The number of aromatic nitrogens is 3. The quantitative estimate of drug-likeness (QED) is 0.167. The minimum Gasteiger partial charge on any atom is -0.471 e. The zero-order chi connectivity index (χ0) is 34.7. The van der Waals surface area contributed by atoms with Gasteiger partial charge in [0.2, 0.25) is 17.7 Å². The lowest BCUT2D eigenvalue weighted by atomic mass is 9.89. The number of rotatable bonds is 9. The summed E-state index contributed by atoms with van der Waals surface area (Å²) in [5, 5.41) is 5.18. The number of pyridine rings is 1. The first-order chi connectivity index (χ1) is 21.9. The van der Waals surface area contributed by atoms with Gasteiger partial charge in [-0.2, -0.15) is 36.3 Å². The standard InChI is InChI=1S/C21H17Cl2F5N6O3.C7H11F3/c22-10-2-1-8(6-30-18(36)20(3-4-20)21(26,27)28)13(23)14(10)32-19-31-11-5-9(15(29)35)17(33-16(11)34-19)37-7-12(24)25;8-7(9,10)6-4-2-1-3-5-6/h1-2,5,12H,3-4,6-7H2,(H2,29,35)(H,30,36)(H2,31,32,33,34);6H,1-5H2. The molecule has 2 heterocycles. The first-order valence-electron chi connectivity index (χ1n) is 14.2. The van der Waals surface area contributed by atoms with Crippen molar-refractivity contribution in [1.29, 1.82) is 0 Å². The Hall–Kier alpha value is -3.60. The van der Waals surface area contributed by atoms with E-state index in [9.17, 15) is 44.7 Å². The fourth-order valence-corrected chi connectivity index (χ4v) is 5.45. The molecule has 3 aromatic rings. The van der Waals surface area contributed by atoms with Crippen molar-refractivity contribution in [1.82, 2.24) is 20.3 Å². The maximum atomic E-state index is 13.2. The second-order valence-corrected chi connectivity index (χ2v) is 11.8. The molecule has 2 aliphatic carbocycles. The number of aromatic amines is 1. The molecule has 9 nitrogen and oxygen atoms in total. The summed E-state index contributed by atoms with van der Waals surface area (Å²) < 4.78 is 105. The fourth-order valence-electron chi connectivity index (χ4n) is 4.92. The molecule has 0 radical (unpaired) electrons. The normalized spacial score (nSPS) is 16.4. The Balaban J connectivity index is 0.000000427. The molecular weight excluding hydrogens is 691 g/mol. The number of primary amides is 1. The van der Waals surface area contributed by atoms with E-state index in [-0.39, 0.29) is 63.4 Å². The van der Waals surface area contributed by atoms with Crippen molar-refractivity contribution in [3.63, 3.8) is 0 Å². The minimum atomic E-state index is -4.65. The zero-order valence-corrected chi connectivity index (χ0v) is 25.7. The van der Waals surface area contributed by atoms with E-state index in [1.54, 1.807) is 0 Å². The highest BCUT2D eigenvalue weighted by Crippen LogP contribution is 2.57. The largest absolute Gasteiger partial charge is 0.471 e. The lowest BCUT2D eigenvalue weighted by Gasteiger charge is -2.23. The summed E-state index contributed by atoms with van der Waals surface area (Å²) >= 11 is 12.6. The summed E-state index contributed by atoms with van der Waals surface area (Å²) in [7, 11) is 0. The van der Waals surface area contributed by atoms with Gasteiger partial charge in [0, 0.05) is 6.54 Å². The average Bonchev–Trinajstić information content (AvgIpc) is 3.73. The van der Waals surface area contributed by atoms with Gasteiger partial charge in [0.15, 0.2) is 12.3 Å². The topological polar surface area (TPSA) is 135 Å². The van der Waals surface area contributed by atoms with Crippen LogP contribution in [-0.4, -0.2) is 52.2 Å². The van der Waals surface area contributed by atoms with Gasteiger partial charge in [-0.3, -0.25) is 9.59 Å². The van der Waals surface area contributed by atoms with Gasteiger partial charge in [-0.1, -0.05) is 48.5 Å². The number of carbonyl (C=O) groups excluding carboxylic acids is 2. The maximum Gasteiger partial charge on any atom is 0.403 e. The molecule has 0 saturated heterocycles. The molecule has 19 heteroatoms. The molecule has 2 amide bonds. The van der Waals surface area contributed by atoms with Crippen LogP contribution in [0.5, 0.6) is 5.88 Å². The molecule has 0 bridgehead atoms. The van der Waals surface area contributed by atoms with Crippen LogP contribution < -0.4 is 21.1 Å². The fraction of sp³-hybridized carbons (Fsp3) is 0.500. The number of alkyl halides is 8. The van der Waals surface area contributed by atoms with Gasteiger partial charge in [0.25, 0.3) is 12.3 Å². The third-order valence-electron chi connectivity index (χ3n) is 7.70. The summed E-state index contributed by atoms with van der Waals surface area (Å²) in [4.78, 5) is 34.7. The predicted molar refractivity (Wildman–Crippen MR) is 156 cm³/mol. The number of anilines is 2. The SMILES string of the molecule is FC(F)(F)C1CCCCC1.NC(=O)c1cc2[nH]c(Nc3c(Cl)ccc(CNC(=O)C4(C(F)(F)F)CC4)c3Cl)nc2nc1OCC(F)F. The molecule has 2 aliphatic rings. The van der Waals surface area contributed by atoms with Crippen LogP contribution in [0.3, 0.4) is 0 Å². The number of halogens is 10. The monoisotopic (exact) mass is 718 g/mol. The molecule has 1 aromatic carbocycles. The van der Waals surface area contributed by atoms with Crippen molar-refractivity contribution in [2.75, 3.05) is 11.9 Å². The highest BCUT2D eigenvalue weighted by molar-refractivity contribution is 6.39. The third-order valence-corrected chi connectivity index (χ3v) is 8.45. The van der Waals surface area contributed by atoms with Crippen LogP contribution in [0, 0.1) is 11.3 Å². The lowest BCUT2D eigenvalue weighted by molar-refractivity contribution is -0.192. The van der Waals surface area contributed by atoms with Crippen molar-refractivity contribution >= 4 is 57.8 Å². The van der Waals surface area contributed by atoms with Crippen LogP contribution in [-0.2, 0) is 11.3 Å². The van der Waals surface area contributed by atoms with Gasteiger partial charge >= 0.3 is 12.4 Å². The van der Waals surface area contributed by atoms with E-state index in [1.807, 2.05) is 0 Å². The Morgan fingerprint density at radius 1 is 1.06 bits per heavy atom. The Morgan fingerprint density at radius 3 is 2.26 bits per heavy atom. The first-order valence-corrected chi connectivity index (χ1v) is 15.0. The maximum absolute atomic E-state index is 13.2. The average molecular weight is 719 g/mol. The van der Waals surface area contributed by atoms with Gasteiger partial charge in [-0.25, -0.2) is 8.78 Å². The number of imidazole rings is 1.